The quantitative estimate of drug-likeness (QED) is 0.809. The predicted octanol–water partition coefficient (Wildman–Crippen LogP) is 3.27. The summed E-state index contributed by atoms with van der Waals surface area (Å²) in [6.45, 7) is 0. The summed E-state index contributed by atoms with van der Waals surface area (Å²) in [6.07, 6.45) is 0.930. The first-order valence-electron chi connectivity index (χ1n) is 5.14. The van der Waals surface area contributed by atoms with Crippen molar-refractivity contribution in [2.24, 2.45) is 0 Å². The van der Waals surface area contributed by atoms with Crippen molar-refractivity contribution in [1.82, 2.24) is 9.78 Å². The van der Waals surface area contributed by atoms with Crippen LogP contribution in [0, 0.1) is 6.07 Å². The minimum absolute atomic E-state index is 0.492. The highest BCUT2D eigenvalue weighted by molar-refractivity contribution is 6.37. The Morgan fingerprint density at radius 2 is 1.83 bits per heavy atom. The lowest BCUT2D eigenvalue weighted by molar-refractivity contribution is -0.110. The second kappa shape index (κ2) is 5.71. The molecule has 0 saturated heterocycles. The summed E-state index contributed by atoms with van der Waals surface area (Å²) in [7, 11) is 3.07. The molecule has 0 atom stereocenters. The van der Waals surface area contributed by atoms with Gasteiger partial charge in [-0.15, -0.1) is 0 Å². The number of para-hydroxylation sites is 1. The molecule has 1 radical (unpaired) electrons. The fraction of sp³-hybridized carbons (Fsp3) is 0.250. The smallest absolute Gasteiger partial charge is 0.201 e. The Labute approximate surface area is 115 Å². The Morgan fingerprint density at radius 3 is 2.39 bits per heavy atom. The van der Waals surface area contributed by atoms with Crippen LogP contribution in [0.4, 0.5) is 0 Å². The van der Waals surface area contributed by atoms with E-state index in [1.165, 1.54) is 20.4 Å². The van der Waals surface area contributed by atoms with Gasteiger partial charge < -0.3 is 9.47 Å². The maximum Gasteiger partial charge on any atom is 0.201 e. The fourth-order valence-corrected chi connectivity index (χ4v) is 2.19. The molecule has 0 amide bonds. The summed E-state index contributed by atoms with van der Waals surface area (Å²) in [6, 6.07) is 8.19. The third kappa shape index (κ3) is 2.37. The van der Waals surface area contributed by atoms with Gasteiger partial charge in [0, 0.05) is 20.3 Å². The summed E-state index contributed by atoms with van der Waals surface area (Å²) < 4.78 is 11.9. The highest BCUT2D eigenvalue weighted by Crippen LogP contribution is 2.30. The van der Waals surface area contributed by atoms with Gasteiger partial charge in [-0.3, -0.25) is 0 Å². The summed E-state index contributed by atoms with van der Waals surface area (Å²) >= 11 is 12.3. The van der Waals surface area contributed by atoms with Crippen molar-refractivity contribution in [2.45, 2.75) is 6.29 Å². The molecular formula is C12H11Cl2N2O2. The van der Waals surface area contributed by atoms with E-state index in [1.807, 2.05) is 0 Å². The highest BCUT2D eigenvalue weighted by Gasteiger charge is 2.19. The average Bonchev–Trinajstić information content (AvgIpc) is 2.80. The summed E-state index contributed by atoms with van der Waals surface area (Å²) in [5.41, 5.74) is 1.17. The third-order valence-corrected chi connectivity index (χ3v) is 3.02. The van der Waals surface area contributed by atoms with Crippen LogP contribution in [0.5, 0.6) is 0 Å². The molecule has 0 aliphatic rings. The molecule has 2 aromatic rings. The van der Waals surface area contributed by atoms with Gasteiger partial charge in [0.1, 0.15) is 11.4 Å². The van der Waals surface area contributed by atoms with Crippen LogP contribution in [0.1, 0.15) is 12.0 Å². The first-order valence-corrected chi connectivity index (χ1v) is 5.90. The number of benzene rings is 1. The van der Waals surface area contributed by atoms with Gasteiger partial charge in [-0.2, -0.15) is 5.10 Å². The first-order chi connectivity index (χ1) is 8.69. The van der Waals surface area contributed by atoms with Crippen molar-refractivity contribution >= 4 is 23.2 Å². The van der Waals surface area contributed by atoms with E-state index in [0.717, 1.165) is 0 Å². The standard InChI is InChI=1S/C12H11Cl2N2O2/c1-17-12(18-2)10-6-7-15-16(10)11-8(13)4-3-5-9(11)14/h3-5,7,12H,1-2H3. The average molecular weight is 286 g/mol. The van der Waals surface area contributed by atoms with Crippen LogP contribution in [0.25, 0.3) is 5.69 Å². The lowest BCUT2D eigenvalue weighted by atomic mass is 10.3. The highest BCUT2D eigenvalue weighted by atomic mass is 35.5. The fourth-order valence-electron chi connectivity index (χ4n) is 1.63. The second-order valence-electron chi connectivity index (χ2n) is 3.46. The molecule has 0 saturated carbocycles. The molecular weight excluding hydrogens is 275 g/mol. The molecule has 95 valence electrons. The van der Waals surface area contributed by atoms with E-state index >= 15 is 0 Å². The molecule has 0 fully saturated rings. The largest absolute Gasteiger partial charge is 0.350 e. The number of hydrogen-bond donors (Lipinski definition) is 0. The molecule has 0 unspecified atom stereocenters. The molecule has 1 heterocycles. The Balaban J connectivity index is 2.55. The topological polar surface area (TPSA) is 36.3 Å². The van der Waals surface area contributed by atoms with Crippen molar-refractivity contribution in [1.29, 1.82) is 0 Å². The van der Waals surface area contributed by atoms with Crippen molar-refractivity contribution in [3.8, 4) is 5.69 Å². The molecule has 0 N–H and O–H groups in total. The number of hydrogen-bond acceptors (Lipinski definition) is 3. The van der Waals surface area contributed by atoms with E-state index in [0.29, 0.717) is 21.4 Å². The SMILES string of the molecule is COC(OC)c1[c]cnn1-c1c(Cl)cccc1Cl. The molecule has 6 heteroatoms. The van der Waals surface area contributed by atoms with Crippen LogP contribution in [0.2, 0.25) is 10.0 Å². The van der Waals surface area contributed by atoms with Crippen molar-refractivity contribution in [2.75, 3.05) is 14.2 Å². The van der Waals surface area contributed by atoms with Gasteiger partial charge in [-0.05, 0) is 12.1 Å². The lowest BCUT2D eigenvalue weighted by Crippen LogP contribution is -2.11. The van der Waals surface area contributed by atoms with Gasteiger partial charge in [0.2, 0.25) is 6.29 Å². The summed E-state index contributed by atoms with van der Waals surface area (Å²) in [5.74, 6) is 0. The van der Waals surface area contributed by atoms with E-state index in [9.17, 15) is 0 Å². The predicted molar refractivity (Wildman–Crippen MR) is 69.2 cm³/mol. The molecule has 1 aromatic heterocycles. The maximum atomic E-state index is 6.14. The van der Waals surface area contributed by atoms with Crippen LogP contribution in [0.3, 0.4) is 0 Å². The van der Waals surface area contributed by atoms with E-state index in [4.69, 9.17) is 32.7 Å². The van der Waals surface area contributed by atoms with Gasteiger partial charge in [0.15, 0.2) is 0 Å². The monoisotopic (exact) mass is 285 g/mol. The zero-order valence-corrected chi connectivity index (χ0v) is 11.4. The van der Waals surface area contributed by atoms with Crippen LogP contribution in [-0.4, -0.2) is 24.0 Å². The summed E-state index contributed by atoms with van der Waals surface area (Å²) in [5, 5.41) is 5.14. The third-order valence-electron chi connectivity index (χ3n) is 2.41. The van der Waals surface area contributed by atoms with Crippen molar-refractivity contribution in [3.05, 3.63) is 46.2 Å². The molecule has 4 nitrogen and oxygen atoms in total. The Kier molecular flexibility index (Phi) is 4.24. The Hall–Kier alpha value is -1.07. The van der Waals surface area contributed by atoms with Gasteiger partial charge in [0.25, 0.3) is 0 Å². The Bertz CT molecular complexity index is 518. The van der Waals surface area contributed by atoms with Crippen LogP contribution < -0.4 is 0 Å². The normalized spacial score (nSPS) is 11.2. The molecule has 0 aliphatic heterocycles. The molecule has 2 rings (SSSR count). The molecule has 0 bridgehead atoms. The minimum atomic E-state index is -0.583. The van der Waals surface area contributed by atoms with Crippen molar-refractivity contribution in [3.63, 3.8) is 0 Å². The second-order valence-corrected chi connectivity index (χ2v) is 4.27. The van der Waals surface area contributed by atoms with Gasteiger partial charge in [-0.1, -0.05) is 29.3 Å². The number of rotatable bonds is 4. The van der Waals surface area contributed by atoms with Crippen LogP contribution in [0.15, 0.2) is 24.4 Å². The Morgan fingerprint density at radius 1 is 1.22 bits per heavy atom. The number of nitrogens with zero attached hydrogens (tertiary/aromatic N) is 2. The molecule has 18 heavy (non-hydrogen) atoms. The van der Waals surface area contributed by atoms with E-state index in [-0.39, 0.29) is 0 Å². The molecule has 0 spiro atoms. The number of ether oxygens (including phenoxy) is 2. The zero-order chi connectivity index (χ0) is 13.1. The lowest BCUT2D eigenvalue weighted by Gasteiger charge is -2.16. The number of aromatic nitrogens is 2. The number of halogens is 2. The van der Waals surface area contributed by atoms with Crippen molar-refractivity contribution < 1.29 is 9.47 Å². The van der Waals surface area contributed by atoms with E-state index < -0.39 is 6.29 Å². The van der Waals surface area contributed by atoms with E-state index in [2.05, 4.69) is 11.2 Å². The van der Waals surface area contributed by atoms with E-state index in [1.54, 1.807) is 22.9 Å². The van der Waals surface area contributed by atoms with Crippen LogP contribution >= 0.6 is 23.2 Å². The summed E-state index contributed by atoms with van der Waals surface area (Å²) in [4.78, 5) is 0. The van der Waals surface area contributed by atoms with Gasteiger partial charge in [0.05, 0.1) is 16.2 Å². The maximum absolute atomic E-state index is 6.14. The van der Waals surface area contributed by atoms with Gasteiger partial charge >= 0.3 is 0 Å². The molecule has 0 aliphatic carbocycles. The molecule has 1 aromatic carbocycles. The first kappa shape index (κ1) is 13.4. The zero-order valence-electron chi connectivity index (χ0n) is 9.85. The number of methoxy groups -OCH3 is 2. The minimum Gasteiger partial charge on any atom is -0.350 e. The van der Waals surface area contributed by atoms with Crippen LogP contribution in [-0.2, 0) is 9.47 Å². The van der Waals surface area contributed by atoms with Gasteiger partial charge in [-0.25, -0.2) is 4.68 Å².